The van der Waals surface area contributed by atoms with Crippen LogP contribution in [0.4, 0.5) is 0 Å². The fourth-order valence-electron chi connectivity index (χ4n) is 4.45. The van der Waals surface area contributed by atoms with Crippen molar-refractivity contribution in [2.24, 2.45) is 0 Å². The molecule has 0 aromatic heterocycles. The Morgan fingerprint density at radius 1 is 0.388 bits per heavy atom. The average Bonchev–Trinajstić information content (AvgIpc) is 3.16. The van der Waals surface area contributed by atoms with Gasteiger partial charge in [0, 0.05) is 0 Å². The van der Waals surface area contributed by atoms with Gasteiger partial charge < -0.3 is 25.3 Å². The molecule has 0 fully saturated rings. The maximum absolute atomic E-state index is 5.54. The molecule has 0 amide bonds. The van der Waals surface area contributed by atoms with Crippen molar-refractivity contribution in [1.82, 2.24) is 0 Å². The molecule has 0 unspecified atom stereocenters. The van der Waals surface area contributed by atoms with Crippen LogP contribution in [0.3, 0.4) is 0 Å². The molecule has 248 valence electrons. The summed E-state index contributed by atoms with van der Waals surface area (Å²) in [4.78, 5) is 1.90. The van der Waals surface area contributed by atoms with E-state index in [-0.39, 0.29) is 23.9 Å². The molecule has 4 radical (unpaired) electrons. The van der Waals surface area contributed by atoms with Crippen molar-refractivity contribution < 1.29 is 0 Å². The van der Waals surface area contributed by atoms with Gasteiger partial charge in [0.05, 0.1) is 0 Å². The fourth-order valence-corrected chi connectivity index (χ4v) is 9.94. The summed E-state index contributed by atoms with van der Waals surface area (Å²) >= 11 is 11.1. The molecule has 0 atom stereocenters. The van der Waals surface area contributed by atoms with E-state index in [1.54, 1.807) is 0 Å². The molecule has 5 heteroatoms. The van der Waals surface area contributed by atoms with Crippen LogP contribution in [0.15, 0.2) is 180 Å². The Balaban J connectivity index is 0.000000275. The average molecular weight is 820 g/mol. The summed E-state index contributed by atoms with van der Waals surface area (Å²) in [5.74, 6) is 0. The van der Waals surface area contributed by atoms with E-state index >= 15 is 0 Å². The maximum atomic E-state index is 5.54. The molecular formula is C44H46P2S2Sn. The first-order valence-corrected chi connectivity index (χ1v) is 20.0. The number of hydrogen-bond acceptors (Lipinski definition) is 2. The molecule has 6 aromatic carbocycles. The molecule has 0 heterocycles. The third kappa shape index (κ3) is 14.3. The van der Waals surface area contributed by atoms with Gasteiger partial charge in [-0.15, -0.1) is 0 Å². The van der Waals surface area contributed by atoms with Crippen molar-refractivity contribution in [3.63, 3.8) is 0 Å². The van der Waals surface area contributed by atoms with Crippen LogP contribution in [0.5, 0.6) is 0 Å². The van der Waals surface area contributed by atoms with Crippen LogP contribution in [0.25, 0.3) is 0 Å². The van der Waals surface area contributed by atoms with Crippen LogP contribution in [0.1, 0.15) is 39.5 Å². The molecule has 0 saturated heterocycles. The third-order valence-corrected chi connectivity index (χ3v) is 13.0. The van der Waals surface area contributed by atoms with Gasteiger partial charge in [0.1, 0.15) is 0 Å². The summed E-state index contributed by atoms with van der Waals surface area (Å²) in [6, 6.07) is 59.1. The first kappa shape index (κ1) is 42.6. The first-order valence-electron chi connectivity index (χ1n) is 16.5. The van der Waals surface area contributed by atoms with Crippen LogP contribution in [0.2, 0.25) is 0 Å². The zero-order chi connectivity index (χ0) is 34.4. The fraction of sp³-hybridized carbons (Fsp3) is 0.136. The molecule has 0 N–H and O–H groups in total. The standard InChI is InChI=1S/2C18H15PS.2C4H9.Sn/c2*20-18-14-8-7-13-17(18)19(15-9-3-1-4-10-15)16-11-5-2-6-12-16;2*1-3-4-2;/h2*1-14,20H;2*1,3-4H2,2H3;/q;;;;+2/p-2. The minimum atomic E-state index is -0.571. The van der Waals surface area contributed by atoms with Crippen molar-refractivity contribution in [2.45, 2.75) is 49.3 Å². The van der Waals surface area contributed by atoms with Gasteiger partial charge in [0.25, 0.3) is 0 Å². The predicted octanol–water partition coefficient (Wildman–Crippen LogP) is 9.56. The Labute approximate surface area is 327 Å². The van der Waals surface area contributed by atoms with E-state index in [1.807, 2.05) is 24.3 Å². The van der Waals surface area contributed by atoms with Crippen molar-refractivity contribution in [3.8, 4) is 0 Å². The molecule has 0 bridgehead atoms. The summed E-state index contributed by atoms with van der Waals surface area (Å²) < 4.78 is 0. The maximum Gasteiger partial charge on any atom is 2.00 e. The van der Waals surface area contributed by atoms with Gasteiger partial charge in [0.2, 0.25) is 0 Å². The largest absolute Gasteiger partial charge is 2.00 e. The third-order valence-electron chi connectivity index (χ3n) is 6.98. The zero-order valence-electron chi connectivity index (χ0n) is 28.6. The Hall–Kier alpha value is -2.58. The first-order chi connectivity index (χ1) is 23.5. The van der Waals surface area contributed by atoms with Gasteiger partial charge in [-0.2, -0.15) is 9.79 Å². The summed E-state index contributed by atoms with van der Waals surface area (Å²) in [5.41, 5.74) is 0. The van der Waals surface area contributed by atoms with Gasteiger partial charge in [0.15, 0.2) is 0 Å². The predicted molar refractivity (Wildman–Crippen MR) is 228 cm³/mol. The van der Waals surface area contributed by atoms with Crippen molar-refractivity contribution in [1.29, 1.82) is 0 Å². The van der Waals surface area contributed by atoms with E-state index in [4.69, 9.17) is 25.3 Å². The molecule has 0 nitrogen and oxygen atoms in total. The summed E-state index contributed by atoms with van der Waals surface area (Å²) in [5, 5.41) is 7.87. The van der Waals surface area contributed by atoms with E-state index in [1.165, 1.54) is 44.7 Å². The second-order valence-electron chi connectivity index (χ2n) is 10.7. The summed E-state index contributed by atoms with van der Waals surface area (Å²) in [6.45, 7) is 11.4. The van der Waals surface area contributed by atoms with Crippen molar-refractivity contribution in [3.05, 3.63) is 184 Å². The summed E-state index contributed by atoms with van der Waals surface area (Å²) in [6.07, 6.45) is 4.56. The Kier molecular flexibility index (Phi) is 22.1. The van der Waals surface area contributed by atoms with Crippen LogP contribution >= 0.6 is 15.8 Å². The molecule has 0 aliphatic carbocycles. The van der Waals surface area contributed by atoms with E-state index < -0.39 is 15.8 Å². The number of hydrogen-bond donors (Lipinski definition) is 0. The number of rotatable bonds is 8. The minimum absolute atomic E-state index is 0. The molecule has 0 spiro atoms. The Bertz CT molecular complexity index is 1470. The van der Waals surface area contributed by atoms with Gasteiger partial charge >= 0.3 is 23.9 Å². The van der Waals surface area contributed by atoms with Gasteiger partial charge in [-0.3, -0.25) is 0 Å². The molecule has 6 aromatic rings. The normalized spacial score (nSPS) is 9.92. The molecule has 6 rings (SSSR count). The van der Waals surface area contributed by atoms with E-state index in [0.29, 0.717) is 0 Å². The van der Waals surface area contributed by atoms with Crippen LogP contribution in [0, 0.1) is 13.8 Å². The van der Waals surface area contributed by atoms with Gasteiger partial charge in [-0.1, -0.05) is 223 Å². The van der Waals surface area contributed by atoms with Gasteiger partial charge in [-0.25, -0.2) is 0 Å². The van der Waals surface area contributed by atoms with E-state index in [2.05, 4.69) is 173 Å². The van der Waals surface area contributed by atoms with Crippen LogP contribution in [-0.2, 0) is 25.3 Å². The Morgan fingerprint density at radius 2 is 0.592 bits per heavy atom. The van der Waals surface area contributed by atoms with Gasteiger partial charge in [-0.05, 0) is 47.7 Å². The molecule has 0 aliphatic heterocycles. The van der Waals surface area contributed by atoms with E-state index in [0.717, 1.165) is 22.6 Å². The molecule has 0 saturated carbocycles. The monoisotopic (exact) mass is 820 g/mol. The quantitative estimate of drug-likeness (QED) is 0.0854. The number of benzene rings is 6. The molecule has 49 heavy (non-hydrogen) atoms. The van der Waals surface area contributed by atoms with Crippen molar-refractivity contribution in [2.75, 3.05) is 0 Å². The summed E-state index contributed by atoms with van der Waals surface area (Å²) in [7, 11) is -1.14. The zero-order valence-corrected chi connectivity index (χ0v) is 34.9. The topological polar surface area (TPSA) is 0 Å². The van der Waals surface area contributed by atoms with Crippen LogP contribution < -0.4 is 31.8 Å². The molecular weight excluding hydrogens is 773 g/mol. The van der Waals surface area contributed by atoms with E-state index in [9.17, 15) is 0 Å². The van der Waals surface area contributed by atoms with Crippen LogP contribution in [-0.4, -0.2) is 23.9 Å². The molecule has 0 aliphatic rings. The smallest absolute Gasteiger partial charge is 0.779 e. The Morgan fingerprint density at radius 3 is 0.796 bits per heavy atom. The SMILES string of the molecule is [CH2]CCC.[CH2]CCC.[S-]c1ccccc1P(c1ccccc1)c1ccccc1.[S-]c1ccccc1P(c1ccccc1)c1ccccc1.[Sn+2]. The number of unbranched alkanes of at least 4 members (excludes halogenated alkanes) is 2. The second-order valence-corrected chi connectivity index (χ2v) is 15.9. The van der Waals surface area contributed by atoms with Crippen molar-refractivity contribution >= 4 is 96.8 Å². The second kappa shape index (κ2) is 25.4. The minimum Gasteiger partial charge on any atom is -0.779 e.